The Morgan fingerprint density at radius 2 is 1.89 bits per heavy atom. The molecule has 2 fully saturated rings. The van der Waals surface area contributed by atoms with Crippen LogP contribution < -0.4 is 0 Å². The van der Waals surface area contributed by atoms with Gasteiger partial charge in [0, 0.05) is 32.6 Å². The first-order chi connectivity index (χ1) is 13.1. The molecule has 2 aliphatic rings. The summed E-state index contributed by atoms with van der Waals surface area (Å²) in [6, 6.07) is 7.68. The van der Waals surface area contributed by atoms with Crippen LogP contribution in [0, 0.1) is 11.8 Å². The van der Waals surface area contributed by atoms with Crippen molar-refractivity contribution >= 4 is 22.8 Å². The second kappa shape index (κ2) is 7.66. The van der Waals surface area contributed by atoms with Crippen molar-refractivity contribution in [3.63, 3.8) is 0 Å². The van der Waals surface area contributed by atoms with Crippen molar-refractivity contribution in [2.45, 2.75) is 38.6 Å². The molecule has 0 spiro atoms. The van der Waals surface area contributed by atoms with Gasteiger partial charge in [0.15, 0.2) is 0 Å². The van der Waals surface area contributed by atoms with Gasteiger partial charge in [-0.3, -0.25) is 9.59 Å². The molecule has 0 N–H and O–H groups in total. The van der Waals surface area contributed by atoms with Crippen LogP contribution in [0.3, 0.4) is 0 Å². The second-order valence-electron chi connectivity index (χ2n) is 7.82. The van der Waals surface area contributed by atoms with Gasteiger partial charge in [-0.1, -0.05) is 23.8 Å². The molecule has 144 valence electrons. The van der Waals surface area contributed by atoms with Crippen LogP contribution in [0.15, 0.2) is 24.3 Å². The molecule has 2 saturated heterocycles. The number of nitrogens with zero attached hydrogens (tertiary/aromatic N) is 5. The summed E-state index contributed by atoms with van der Waals surface area (Å²) in [6.45, 7) is 2.54. The molecule has 2 aliphatic heterocycles. The van der Waals surface area contributed by atoms with Gasteiger partial charge in [-0.25, -0.2) is 4.68 Å². The molecular weight excluding hydrogens is 342 g/mol. The van der Waals surface area contributed by atoms with Gasteiger partial charge in [-0.15, -0.1) is 5.10 Å². The van der Waals surface area contributed by atoms with Gasteiger partial charge >= 0.3 is 0 Å². The maximum Gasteiger partial charge on any atom is 0.244 e. The molecule has 2 amide bonds. The van der Waals surface area contributed by atoms with Crippen LogP contribution in [0.4, 0.5) is 0 Å². The minimum Gasteiger partial charge on any atom is -0.346 e. The van der Waals surface area contributed by atoms with E-state index in [0.717, 1.165) is 62.8 Å². The first-order valence-electron chi connectivity index (χ1n) is 9.94. The summed E-state index contributed by atoms with van der Waals surface area (Å²) in [5, 5.41) is 8.23. The molecule has 3 heterocycles. The summed E-state index contributed by atoms with van der Waals surface area (Å²) in [5.74, 6) is 0.906. The van der Waals surface area contributed by atoms with Crippen LogP contribution in [0.5, 0.6) is 0 Å². The summed E-state index contributed by atoms with van der Waals surface area (Å²) in [7, 11) is 1.92. The number of benzene rings is 1. The van der Waals surface area contributed by atoms with Crippen molar-refractivity contribution in [1.29, 1.82) is 0 Å². The maximum absolute atomic E-state index is 12.7. The van der Waals surface area contributed by atoms with Crippen LogP contribution in [-0.4, -0.2) is 63.3 Å². The van der Waals surface area contributed by atoms with Crippen molar-refractivity contribution in [3.8, 4) is 0 Å². The Labute approximate surface area is 159 Å². The van der Waals surface area contributed by atoms with E-state index in [-0.39, 0.29) is 18.4 Å². The molecule has 1 atom stereocenters. The number of aromatic nitrogens is 3. The summed E-state index contributed by atoms with van der Waals surface area (Å²) < 4.78 is 1.67. The number of hydrogen-bond donors (Lipinski definition) is 0. The lowest BCUT2D eigenvalue weighted by atomic mass is 9.81. The predicted molar refractivity (Wildman–Crippen MR) is 102 cm³/mol. The van der Waals surface area contributed by atoms with Gasteiger partial charge < -0.3 is 9.80 Å². The van der Waals surface area contributed by atoms with Gasteiger partial charge in [0.1, 0.15) is 12.1 Å². The number of carbonyl (C=O) groups excluding carboxylic acids is 2. The Balaban J connectivity index is 1.36. The summed E-state index contributed by atoms with van der Waals surface area (Å²) >= 11 is 0. The first-order valence-corrected chi connectivity index (χ1v) is 9.94. The highest BCUT2D eigenvalue weighted by atomic mass is 16.2. The highest BCUT2D eigenvalue weighted by molar-refractivity contribution is 5.80. The van der Waals surface area contributed by atoms with E-state index in [4.69, 9.17) is 0 Å². The molecule has 4 rings (SSSR count). The lowest BCUT2D eigenvalue weighted by Crippen LogP contribution is -2.44. The number of para-hydroxylation sites is 1. The molecule has 7 nitrogen and oxygen atoms in total. The molecule has 0 saturated carbocycles. The molecule has 0 aliphatic carbocycles. The highest BCUT2D eigenvalue weighted by Crippen LogP contribution is 2.32. The molecule has 0 unspecified atom stereocenters. The monoisotopic (exact) mass is 369 g/mol. The number of fused-ring (bicyclic) bond motifs is 1. The predicted octanol–water partition coefficient (Wildman–Crippen LogP) is 1.93. The van der Waals surface area contributed by atoms with E-state index in [2.05, 4.69) is 10.3 Å². The van der Waals surface area contributed by atoms with E-state index in [1.165, 1.54) is 0 Å². The van der Waals surface area contributed by atoms with Crippen molar-refractivity contribution in [3.05, 3.63) is 24.3 Å². The molecule has 1 aromatic heterocycles. The van der Waals surface area contributed by atoms with E-state index >= 15 is 0 Å². The zero-order valence-electron chi connectivity index (χ0n) is 15.9. The van der Waals surface area contributed by atoms with E-state index in [1.807, 2.05) is 41.1 Å². The lowest BCUT2D eigenvalue weighted by molar-refractivity contribution is -0.137. The summed E-state index contributed by atoms with van der Waals surface area (Å²) in [6.07, 6.45) is 5.04. The van der Waals surface area contributed by atoms with Crippen molar-refractivity contribution in [1.82, 2.24) is 24.8 Å². The Kier molecular flexibility index (Phi) is 5.09. The number of amides is 2. The average Bonchev–Trinajstić information content (AvgIpc) is 3.02. The SMILES string of the molecule is CN1CCCC[C@H](C2CCN(C(=O)Cn3nnc4ccccc43)CC2)C1=O. The minimum absolute atomic E-state index is 0.0772. The third kappa shape index (κ3) is 3.68. The highest BCUT2D eigenvalue weighted by Gasteiger charge is 2.34. The van der Waals surface area contributed by atoms with Crippen molar-refractivity contribution in [2.24, 2.45) is 11.8 Å². The standard InChI is InChI=1S/C20H27N5O2/c1-23-11-5-4-6-16(20(23)27)15-9-12-24(13-10-15)19(26)14-25-18-8-3-2-7-17(18)21-22-25/h2-3,7-8,15-16H,4-6,9-14H2,1H3/t16-/m1/s1. The minimum atomic E-state index is 0.0772. The second-order valence-corrected chi connectivity index (χ2v) is 7.82. The zero-order chi connectivity index (χ0) is 18.8. The summed E-state index contributed by atoms with van der Waals surface area (Å²) in [4.78, 5) is 29.2. The van der Waals surface area contributed by atoms with Crippen LogP contribution in [-0.2, 0) is 16.1 Å². The topological polar surface area (TPSA) is 71.3 Å². The molecule has 0 radical (unpaired) electrons. The molecular formula is C20H27N5O2. The van der Waals surface area contributed by atoms with Gasteiger partial charge in [-0.05, 0) is 43.7 Å². The molecule has 2 aromatic rings. The van der Waals surface area contributed by atoms with E-state index < -0.39 is 0 Å². The Morgan fingerprint density at radius 3 is 2.70 bits per heavy atom. The molecule has 1 aromatic carbocycles. The average molecular weight is 369 g/mol. The van der Waals surface area contributed by atoms with E-state index in [1.54, 1.807) is 4.68 Å². The summed E-state index contributed by atoms with van der Waals surface area (Å²) in [5.41, 5.74) is 1.69. The number of piperidine rings is 1. The fourth-order valence-electron chi connectivity index (χ4n) is 4.48. The molecule has 7 heteroatoms. The zero-order valence-corrected chi connectivity index (χ0v) is 15.9. The van der Waals surface area contributed by atoms with Crippen molar-refractivity contribution in [2.75, 3.05) is 26.7 Å². The van der Waals surface area contributed by atoms with Crippen molar-refractivity contribution < 1.29 is 9.59 Å². The fraction of sp³-hybridized carbons (Fsp3) is 0.600. The first kappa shape index (κ1) is 17.9. The van der Waals surface area contributed by atoms with Gasteiger partial charge in [0.05, 0.1) is 5.52 Å². The number of hydrogen-bond acceptors (Lipinski definition) is 4. The normalized spacial score (nSPS) is 22.3. The Bertz CT molecular complexity index is 825. The maximum atomic E-state index is 12.7. The Hall–Kier alpha value is -2.44. The third-order valence-electron chi connectivity index (χ3n) is 6.12. The van der Waals surface area contributed by atoms with E-state index in [9.17, 15) is 9.59 Å². The smallest absolute Gasteiger partial charge is 0.244 e. The van der Waals surface area contributed by atoms with Crippen LogP contribution >= 0.6 is 0 Å². The molecule has 0 bridgehead atoms. The van der Waals surface area contributed by atoms with E-state index in [0.29, 0.717) is 11.8 Å². The van der Waals surface area contributed by atoms with Gasteiger partial charge in [-0.2, -0.15) is 0 Å². The number of likely N-dealkylation sites (tertiary alicyclic amines) is 2. The van der Waals surface area contributed by atoms with Crippen LogP contribution in [0.25, 0.3) is 11.0 Å². The molecule has 27 heavy (non-hydrogen) atoms. The van der Waals surface area contributed by atoms with Crippen LogP contribution in [0.1, 0.15) is 32.1 Å². The lowest BCUT2D eigenvalue weighted by Gasteiger charge is -2.36. The van der Waals surface area contributed by atoms with Gasteiger partial charge in [0.25, 0.3) is 0 Å². The Morgan fingerprint density at radius 1 is 1.11 bits per heavy atom. The largest absolute Gasteiger partial charge is 0.346 e. The quantitative estimate of drug-likeness (QED) is 0.829. The fourth-order valence-corrected chi connectivity index (χ4v) is 4.48. The van der Waals surface area contributed by atoms with Gasteiger partial charge in [0.2, 0.25) is 11.8 Å². The van der Waals surface area contributed by atoms with Crippen LogP contribution in [0.2, 0.25) is 0 Å². The third-order valence-corrected chi connectivity index (χ3v) is 6.12. The number of carbonyl (C=O) groups is 2. The number of rotatable bonds is 3.